The molecule has 142 valence electrons. The second kappa shape index (κ2) is 7.47. The van der Waals surface area contributed by atoms with Crippen LogP contribution < -0.4 is 5.73 Å². The summed E-state index contributed by atoms with van der Waals surface area (Å²) in [5, 5.41) is 0.680. The van der Waals surface area contributed by atoms with E-state index in [4.69, 9.17) is 22.3 Å². The Morgan fingerprint density at radius 1 is 1.26 bits per heavy atom. The fourth-order valence-electron chi connectivity index (χ4n) is 3.79. The van der Waals surface area contributed by atoms with E-state index in [0.717, 1.165) is 55.5 Å². The minimum Gasteiger partial charge on any atom is -0.383 e. The second-order valence-corrected chi connectivity index (χ2v) is 8.07. The topological polar surface area (TPSA) is 72.1 Å². The average Bonchev–Trinajstić information content (AvgIpc) is 3.51. The molecule has 1 unspecified atom stereocenters. The number of amides is 1. The molecule has 0 bridgehead atoms. The van der Waals surface area contributed by atoms with Crippen molar-refractivity contribution in [3.8, 4) is 11.4 Å². The first-order valence-corrected chi connectivity index (χ1v) is 10.2. The van der Waals surface area contributed by atoms with Gasteiger partial charge < -0.3 is 10.6 Å². The molecule has 1 amide bonds. The van der Waals surface area contributed by atoms with E-state index in [9.17, 15) is 4.79 Å². The lowest BCUT2D eigenvalue weighted by atomic mass is 9.90. The number of carbonyl (C=O) groups is 1. The molecule has 2 N–H and O–H groups in total. The Hall–Kier alpha value is -2.14. The van der Waals surface area contributed by atoms with Crippen molar-refractivity contribution in [1.29, 1.82) is 0 Å². The number of fused-ring (bicyclic) bond motifs is 1. The van der Waals surface area contributed by atoms with Gasteiger partial charge in [-0.2, -0.15) is 0 Å². The summed E-state index contributed by atoms with van der Waals surface area (Å²) in [5.74, 6) is 1.82. The Morgan fingerprint density at radius 3 is 2.67 bits per heavy atom. The Balaban J connectivity index is 1.71. The van der Waals surface area contributed by atoms with Crippen molar-refractivity contribution in [2.45, 2.75) is 51.5 Å². The third-order valence-electron chi connectivity index (χ3n) is 5.49. The van der Waals surface area contributed by atoms with E-state index in [2.05, 4.69) is 11.9 Å². The zero-order chi connectivity index (χ0) is 19.0. The van der Waals surface area contributed by atoms with Crippen molar-refractivity contribution in [3.05, 3.63) is 40.5 Å². The maximum absolute atomic E-state index is 12.7. The van der Waals surface area contributed by atoms with E-state index in [1.54, 1.807) is 0 Å². The smallest absolute Gasteiger partial charge is 0.226 e. The fraction of sp³-hybridized carbons (Fsp3) is 0.476. The monoisotopic (exact) mass is 384 g/mol. The van der Waals surface area contributed by atoms with Crippen LogP contribution in [0.5, 0.6) is 0 Å². The van der Waals surface area contributed by atoms with Crippen LogP contribution >= 0.6 is 11.6 Å². The number of halogens is 1. The number of benzene rings is 1. The van der Waals surface area contributed by atoms with Crippen LogP contribution in [0.3, 0.4) is 0 Å². The number of hydrogen-bond acceptors (Lipinski definition) is 4. The van der Waals surface area contributed by atoms with Gasteiger partial charge in [0.1, 0.15) is 5.82 Å². The summed E-state index contributed by atoms with van der Waals surface area (Å²) in [6.07, 6.45) is 5.27. The molecule has 0 saturated heterocycles. The van der Waals surface area contributed by atoms with Crippen LogP contribution in [0.2, 0.25) is 5.02 Å². The maximum atomic E-state index is 12.7. The van der Waals surface area contributed by atoms with Crippen molar-refractivity contribution in [3.63, 3.8) is 0 Å². The van der Waals surface area contributed by atoms with Crippen molar-refractivity contribution in [2.75, 3.05) is 12.3 Å². The lowest BCUT2D eigenvalue weighted by molar-refractivity contribution is -0.133. The number of nitrogens with two attached hydrogens (primary N) is 1. The number of nitrogen functional groups attached to an aromatic ring is 1. The zero-order valence-electron chi connectivity index (χ0n) is 15.6. The zero-order valence-corrected chi connectivity index (χ0v) is 16.4. The number of anilines is 1. The van der Waals surface area contributed by atoms with E-state index >= 15 is 0 Å². The summed E-state index contributed by atoms with van der Waals surface area (Å²) in [6.45, 7) is 3.45. The van der Waals surface area contributed by atoms with E-state index in [-0.39, 0.29) is 17.7 Å². The maximum Gasteiger partial charge on any atom is 0.226 e. The molecule has 6 heteroatoms. The molecule has 2 aliphatic rings. The molecule has 1 saturated carbocycles. The third kappa shape index (κ3) is 3.79. The van der Waals surface area contributed by atoms with Crippen LogP contribution in [0.25, 0.3) is 11.4 Å². The predicted molar refractivity (Wildman–Crippen MR) is 107 cm³/mol. The van der Waals surface area contributed by atoms with Gasteiger partial charge >= 0.3 is 0 Å². The van der Waals surface area contributed by atoms with Crippen LogP contribution in [0, 0.1) is 5.92 Å². The number of aromatic nitrogens is 2. The van der Waals surface area contributed by atoms with Gasteiger partial charge in [-0.3, -0.25) is 4.79 Å². The summed E-state index contributed by atoms with van der Waals surface area (Å²) < 4.78 is 0. The van der Waals surface area contributed by atoms with Crippen molar-refractivity contribution < 1.29 is 4.79 Å². The highest BCUT2D eigenvalue weighted by atomic mass is 35.5. The molecule has 27 heavy (non-hydrogen) atoms. The van der Waals surface area contributed by atoms with E-state index in [1.165, 1.54) is 0 Å². The minimum absolute atomic E-state index is 0.216. The van der Waals surface area contributed by atoms with Gasteiger partial charge in [-0.05, 0) is 43.5 Å². The Labute approximate surface area is 164 Å². The molecule has 4 rings (SSSR count). The Morgan fingerprint density at radius 2 is 2.00 bits per heavy atom. The average molecular weight is 385 g/mol. The van der Waals surface area contributed by atoms with Crippen LogP contribution in [0.15, 0.2) is 24.3 Å². The third-order valence-corrected chi connectivity index (χ3v) is 5.75. The summed E-state index contributed by atoms with van der Waals surface area (Å²) in [6, 6.07) is 7.49. The quantitative estimate of drug-likeness (QED) is 0.828. The Bertz CT molecular complexity index is 848. The first kappa shape index (κ1) is 18.2. The Kier molecular flexibility index (Phi) is 5.04. The van der Waals surface area contributed by atoms with Gasteiger partial charge in [0.05, 0.1) is 12.2 Å². The van der Waals surface area contributed by atoms with Crippen LogP contribution in [-0.2, 0) is 11.3 Å². The largest absolute Gasteiger partial charge is 0.383 e. The summed E-state index contributed by atoms with van der Waals surface area (Å²) in [4.78, 5) is 24.1. The highest BCUT2D eigenvalue weighted by molar-refractivity contribution is 6.30. The highest BCUT2D eigenvalue weighted by Crippen LogP contribution is 2.38. The van der Waals surface area contributed by atoms with Gasteiger partial charge in [0.2, 0.25) is 5.91 Å². The molecule has 1 aromatic carbocycles. The van der Waals surface area contributed by atoms with E-state index < -0.39 is 0 Å². The van der Waals surface area contributed by atoms with Crippen molar-refractivity contribution in [2.24, 2.45) is 5.92 Å². The number of nitrogens with zero attached hydrogens (tertiary/aromatic N) is 3. The molecule has 2 aromatic rings. The molecule has 5 nitrogen and oxygen atoms in total. The summed E-state index contributed by atoms with van der Waals surface area (Å²) >= 11 is 6.00. The van der Waals surface area contributed by atoms with Gasteiger partial charge in [-0.25, -0.2) is 9.97 Å². The highest BCUT2D eigenvalue weighted by Gasteiger charge is 2.38. The minimum atomic E-state index is 0.216. The molecular weight excluding hydrogens is 360 g/mol. The molecular formula is C21H25ClN4O. The van der Waals surface area contributed by atoms with Crippen LogP contribution in [-0.4, -0.2) is 27.3 Å². The van der Waals surface area contributed by atoms with Gasteiger partial charge in [-0.15, -0.1) is 0 Å². The fourth-order valence-corrected chi connectivity index (χ4v) is 3.92. The molecule has 1 aliphatic heterocycles. The van der Waals surface area contributed by atoms with E-state index in [1.807, 2.05) is 29.2 Å². The SMILES string of the molecule is CCCCC1CN(C(=O)C2CC2)Cc2c(N)nc(-c3ccc(Cl)cc3)nc21. The van der Waals surface area contributed by atoms with Crippen molar-refractivity contribution >= 4 is 23.3 Å². The molecule has 2 heterocycles. The first-order chi connectivity index (χ1) is 13.1. The van der Waals surface area contributed by atoms with E-state index in [0.29, 0.717) is 23.2 Å². The molecule has 1 fully saturated rings. The second-order valence-electron chi connectivity index (χ2n) is 7.64. The van der Waals surface area contributed by atoms with Gasteiger partial charge in [-0.1, -0.05) is 31.4 Å². The lowest BCUT2D eigenvalue weighted by Gasteiger charge is -2.35. The lowest BCUT2D eigenvalue weighted by Crippen LogP contribution is -2.40. The summed E-state index contributed by atoms with van der Waals surface area (Å²) in [7, 11) is 0. The first-order valence-electron chi connectivity index (χ1n) is 9.77. The number of rotatable bonds is 5. The number of unbranched alkanes of at least 4 members (excludes halogenated alkanes) is 1. The number of hydrogen-bond donors (Lipinski definition) is 1. The molecule has 0 spiro atoms. The predicted octanol–water partition coefficient (Wildman–Crippen LogP) is 4.41. The van der Waals surface area contributed by atoms with Crippen LogP contribution in [0.1, 0.15) is 56.2 Å². The molecule has 1 aromatic heterocycles. The molecule has 0 radical (unpaired) electrons. The van der Waals surface area contributed by atoms with Gasteiger partial charge in [0, 0.05) is 34.5 Å². The molecule has 1 aliphatic carbocycles. The standard InChI is InChI=1S/C21H25ClN4O/c1-2-3-4-15-11-26(21(27)14-5-6-14)12-17-18(15)24-20(25-19(17)23)13-7-9-16(22)10-8-13/h7-10,14-15H,2-6,11-12H2,1H3,(H2,23,24,25). The molecule has 1 atom stereocenters. The van der Waals surface area contributed by atoms with Crippen molar-refractivity contribution in [1.82, 2.24) is 14.9 Å². The normalized spacial score (nSPS) is 19.0. The van der Waals surface area contributed by atoms with Gasteiger partial charge in [0.15, 0.2) is 5.82 Å². The summed E-state index contributed by atoms with van der Waals surface area (Å²) in [5.41, 5.74) is 9.18. The van der Waals surface area contributed by atoms with Crippen LogP contribution in [0.4, 0.5) is 5.82 Å². The van der Waals surface area contributed by atoms with Gasteiger partial charge in [0.25, 0.3) is 0 Å². The number of carbonyl (C=O) groups excluding carboxylic acids is 1.